The molecule has 10 nitrogen and oxygen atoms in total. The van der Waals surface area contributed by atoms with E-state index in [1.807, 2.05) is 67.6 Å². The van der Waals surface area contributed by atoms with Crippen LogP contribution in [0.15, 0.2) is 143 Å². The zero-order chi connectivity index (χ0) is 34.6. The molecule has 5 aromatic rings. The van der Waals surface area contributed by atoms with Crippen molar-refractivity contribution in [2.24, 2.45) is 5.10 Å². The summed E-state index contributed by atoms with van der Waals surface area (Å²) in [6, 6.07) is 38.0. The van der Waals surface area contributed by atoms with Gasteiger partial charge in [0.25, 0.3) is 21.8 Å². The Bertz CT molecular complexity index is 1990. The van der Waals surface area contributed by atoms with E-state index in [0.717, 1.165) is 11.1 Å². The molecule has 250 valence electrons. The molecule has 0 aliphatic carbocycles. The van der Waals surface area contributed by atoms with Crippen LogP contribution in [0, 0.1) is 0 Å². The fraction of sp³-hybridized carbons (Fsp3) is 0.132. The maximum atomic E-state index is 14.0. The number of hydrogen-bond acceptors (Lipinski definition) is 7. The van der Waals surface area contributed by atoms with Crippen molar-refractivity contribution in [3.05, 3.63) is 156 Å². The highest BCUT2D eigenvalue weighted by Crippen LogP contribution is 2.30. The number of anilines is 1. The molecule has 0 bridgehead atoms. The predicted octanol–water partition coefficient (Wildman–Crippen LogP) is 6.11. The summed E-state index contributed by atoms with van der Waals surface area (Å²) in [7, 11) is -2.60. The molecule has 49 heavy (non-hydrogen) atoms. The molecule has 5 aromatic carbocycles. The first kappa shape index (κ1) is 34.4. The van der Waals surface area contributed by atoms with Crippen LogP contribution in [-0.4, -0.2) is 40.2 Å². The fourth-order valence-electron chi connectivity index (χ4n) is 4.94. The number of hydrogen-bond donors (Lipinski definition) is 2. The van der Waals surface area contributed by atoms with E-state index in [1.54, 1.807) is 60.7 Å². The number of sulfonamides is 1. The normalized spacial score (nSPS) is 11.8. The first-order valence-corrected chi connectivity index (χ1v) is 16.9. The van der Waals surface area contributed by atoms with E-state index in [0.29, 0.717) is 17.1 Å². The lowest BCUT2D eigenvalue weighted by Crippen LogP contribution is -2.33. The summed E-state index contributed by atoms with van der Waals surface area (Å²) in [6.07, 6.45) is 1.45. The molecule has 5 rings (SSSR count). The molecular formula is C38H36N4O6S. The number of rotatable bonds is 14. The van der Waals surface area contributed by atoms with Gasteiger partial charge in [-0.1, -0.05) is 72.8 Å². The van der Waals surface area contributed by atoms with E-state index >= 15 is 0 Å². The molecule has 0 heterocycles. The molecule has 0 unspecified atom stereocenters. The molecule has 0 spiro atoms. The van der Waals surface area contributed by atoms with Crippen LogP contribution < -0.4 is 24.5 Å². The summed E-state index contributed by atoms with van der Waals surface area (Å²) < 4.78 is 40.1. The van der Waals surface area contributed by atoms with Crippen LogP contribution in [0.1, 0.15) is 40.0 Å². The first-order valence-electron chi connectivity index (χ1n) is 15.4. The Morgan fingerprint density at radius 1 is 0.796 bits per heavy atom. The van der Waals surface area contributed by atoms with Gasteiger partial charge in [0.15, 0.2) is 6.61 Å². The molecule has 1 atom stereocenters. The van der Waals surface area contributed by atoms with Crippen molar-refractivity contribution >= 4 is 33.7 Å². The number of carbonyl (C=O) groups excluding carboxylic acids is 2. The van der Waals surface area contributed by atoms with Crippen molar-refractivity contribution in [2.75, 3.05) is 18.0 Å². The summed E-state index contributed by atoms with van der Waals surface area (Å²) in [5.41, 5.74) is 5.22. The highest BCUT2D eigenvalue weighted by Gasteiger charge is 2.28. The van der Waals surface area contributed by atoms with E-state index in [9.17, 15) is 18.0 Å². The minimum atomic E-state index is -4.11. The quantitative estimate of drug-likeness (QED) is 0.108. The van der Waals surface area contributed by atoms with Crippen LogP contribution >= 0.6 is 0 Å². The molecule has 0 saturated heterocycles. The number of methoxy groups -OCH3 is 1. The molecule has 0 aliphatic rings. The van der Waals surface area contributed by atoms with Crippen molar-refractivity contribution in [1.82, 2.24) is 10.7 Å². The second-order valence-electron chi connectivity index (χ2n) is 10.9. The number of carbonyl (C=O) groups is 2. The Hall–Kier alpha value is -5.94. The monoisotopic (exact) mass is 676 g/mol. The maximum Gasteiger partial charge on any atom is 0.273 e. The lowest BCUT2D eigenvalue weighted by Gasteiger charge is -2.26. The third-order valence-corrected chi connectivity index (χ3v) is 9.31. The van der Waals surface area contributed by atoms with Gasteiger partial charge in [0, 0.05) is 0 Å². The van der Waals surface area contributed by atoms with Crippen molar-refractivity contribution in [2.45, 2.75) is 24.4 Å². The predicted molar refractivity (Wildman–Crippen MR) is 189 cm³/mol. The number of amides is 2. The van der Waals surface area contributed by atoms with Crippen molar-refractivity contribution in [3.8, 4) is 11.5 Å². The Morgan fingerprint density at radius 2 is 1.41 bits per heavy atom. The van der Waals surface area contributed by atoms with E-state index in [-0.39, 0.29) is 41.2 Å². The second kappa shape index (κ2) is 16.2. The molecule has 0 radical (unpaired) electrons. The van der Waals surface area contributed by atoms with Gasteiger partial charge in [0.05, 0.1) is 42.1 Å². The van der Waals surface area contributed by atoms with Gasteiger partial charge >= 0.3 is 0 Å². The number of benzene rings is 5. The number of nitrogens with zero attached hydrogens (tertiary/aromatic N) is 2. The average Bonchev–Trinajstić information content (AvgIpc) is 3.14. The molecule has 0 saturated carbocycles. The molecule has 0 aliphatic heterocycles. The zero-order valence-electron chi connectivity index (χ0n) is 27.0. The summed E-state index contributed by atoms with van der Waals surface area (Å²) in [5, 5.41) is 7.00. The van der Waals surface area contributed by atoms with Crippen molar-refractivity contribution in [3.63, 3.8) is 0 Å². The minimum Gasteiger partial charge on any atom is -0.497 e. The van der Waals surface area contributed by atoms with Crippen molar-refractivity contribution < 1.29 is 27.5 Å². The Morgan fingerprint density at radius 3 is 2.08 bits per heavy atom. The topological polar surface area (TPSA) is 126 Å². The molecular weight excluding hydrogens is 641 g/mol. The lowest BCUT2D eigenvalue weighted by molar-refractivity contribution is -0.123. The summed E-state index contributed by atoms with van der Waals surface area (Å²) >= 11 is 0. The van der Waals surface area contributed by atoms with E-state index in [4.69, 9.17) is 9.47 Å². The standard InChI is InChI=1S/C38H36N4O6S/c1-28(31-13-7-4-8-14-31)40-37(43)27-48-33-19-17-29(18-20-33)25-39-41-38(44)35-15-9-10-16-36(35)42(26-30-11-5-3-6-12-30)49(45,46)34-23-21-32(47-2)22-24-34/h3-25,28H,26-27H2,1-2H3,(H,40,43)(H,41,44)/b39-25-/t28-/m0/s1. The van der Waals surface area contributed by atoms with Gasteiger partial charge in [-0.2, -0.15) is 5.10 Å². The van der Waals surface area contributed by atoms with Crippen LogP contribution in [0.4, 0.5) is 5.69 Å². The summed E-state index contributed by atoms with van der Waals surface area (Å²) in [6.45, 7) is 1.75. The second-order valence-corrected chi connectivity index (χ2v) is 12.8. The van der Waals surface area contributed by atoms with E-state index in [1.165, 1.54) is 29.8 Å². The highest BCUT2D eigenvalue weighted by molar-refractivity contribution is 7.92. The Balaban J connectivity index is 1.26. The molecule has 2 amide bonds. The third-order valence-electron chi connectivity index (χ3n) is 7.54. The number of para-hydroxylation sites is 1. The molecule has 11 heteroatoms. The molecule has 2 N–H and O–H groups in total. The number of hydrazone groups is 1. The van der Waals surface area contributed by atoms with Gasteiger partial charge in [0.1, 0.15) is 11.5 Å². The SMILES string of the molecule is COc1ccc(S(=O)(=O)N(Cc2ccccc2)c2ccccc2C(=O)N/N=C\c2ccc(OCC(=O)N[C@@H](C)c3ccccc3)cc2)cc1. The third kappa shape index (κ3) is 9.11. The van der Waals surface area contributed by atoms with Gasteiger partial charge in [-0.05, 0) is 84.3 Å². The Kier molecular flexibility index (Phi) is 11.4. The van der Waals surface area contributed by atoms with Crippen LogP contribution in [0.2, 0.25) is 0 Å². The van der Waals surface area contributed by atoms with Gasteiger partial charge in [-0.25, -0.2) is 13.8 Å². The van der Waals surface area contributed by atoms with Gasteiger partial charge in [0.2, 0.25) is 0 Å². The fourth-order valence-corrected chi connectivity index (χ4v) is 6.41. The molecule has 0 aromatic heterocycles. The summed E-state index contributed by atoms with van der Waals surface area (Å²) in [4.78, 5) is 25.8. The van der Waals surface area contributed by atoms with Gasteiger partial charge in [-0.15, -0.1) is 0 Å². The smallest absolute Gasteiger partial charge is 0.273 e. The zero-order valence-corrected chi connectivity index (χ0v) is 27.8. The average molecular weight is 677 g/mol. The summed E-state index contributed by atoms with van der Waals surface area (Å²) in [5.74, 6) is 0.175. The largest absolute Gasteiger partial charge is 0.497 e. The van der Waals surface area contributed by atoms with E-state index in [2.05, 4.69) is 15.8 Å². The minimum absolute atomic E-state index is 0.00903. The number of nitrogens with one attached hydrogen (secondary N) is 2. The molecule has 0 fully saturated rings. The Labute approximate surface area is 286 Å². The van der Waals surface area contributed by atoms with Crippen LogP contribution in [0.3, 0.4) is 0 Å². The number of ether oxygens (including phenoxy) is 2. The van der Waals surface area contributed by atoms with Crippen molar-refractivity contribution in [1.29, 1.82) is 0 Å². The van der Waals surface area contributed by atoms with Gasteiger partial charge < -0.3 is 14.8 Å². The maximum absolute atomic E-state index is 14.0. The highest BCUT2D eigenvalue weighted by atomic mass is 32.2. The van der Waals surface area contributed by atoms with Crippen LogP contribution in [0.25, 0.3) is 0 Å². The van der Waals surface area contributed by atoms with Gasteiger partial charge in [-0.3, -0.25) is 13.9 Å². The first-order chi connectivity index (χ1) is 23.7. The lowest BCUT2D eigenvalue weighted by atomic mass is 10.1. The van der Waals surface area contributed by atoms with Crippen LogP contribution in [0.5, 0.6) is 11.5 Å². The van der Waals surface area contributed by atoms with Crippen LogP contribution in [-0.2, 0) is 21.4 Å². The van der Waals surface area contributed by atoms with E-state index < -0.39 is 15.9 Å².